The van der Waals surface area contributed by atoms with Gasteiger partial charge in [-0.05, 0) is 38.6 Å². The summed E-state index contributed by atoms with van der Waals surface area (Å²) in [7, 11) is 1.86. The molecule has 0 spiro atoms. The Kier molecular flexibility index (Phi) is 5.55. The maximum absolute atomic E-state index is 11.2. The number of aliphatic hydroxyl groups is 1. The predicted octanol–water partition coefficient (Wildman–Crippen LogP) is 2.10. The molecule has 1 aromatic heterocycles. The zero-order chi connectivity index (χ0) is 12.8. The van der Waals surface area contributed by atoms with Gasteiger partial charge in [0.05, 0.1) is 11.5 Å². The number of nitrogens with one attached hydrogen (secondary N) is 1. The van der Waals surface area contributed by atoms with Gasteiger partial charge in [0.25, 0.3) is 0 Å². The molecule has 0 aromatic carbocycles. The van der Waals surface area contributed by atoms with Crippen molar-refractivity contribution in [2.45, 2.75) is 13.8 Å². The lowest BCUT2D eigenvalue weighted by atomic mass is 10.1. The van der Waals surface area contributed by atoms with Gasteiger partial charge < -0.3 is 10.4 Å². The Hall–Kier alpha value is -0.970. The summed E-state index contributed by atoms with van der Waals surface area (Å²) in [6.45, 7) is 4.45. The van der Waals surface area contributed by atoms with Gasteiger partial charge >= 0.3 is 0 Å². The fraction of sp³-hybridized carbons (Fsp3) is 0.462. The highest BCUT2D eigenvalue weighted by molar-refractivity contribution is 7.15. The predicted molar refractivity (Wildman–Crippen MR) is 72.6 cm³/mol. The van der Waals surface area contributed by atoms with E-state index in [1.54, 1.807) is 6.92 Å². The molecule has 1 heterocycles. The van der Waals surface area contributed by atoms with Crippen molar-refractivity contribution < 1.29 is 9.90 Å². The normalized spacial score (nSPS) is 13.2. The van der Waals surface area contributed by atoms with Crippen LogP contribution in [0.25, 0.3) is 6.08 Å². The number of hydrogen-bond donors (Lipinski definition) is 2. The zero-order valence-corrected chi connectivity index (χ0v) is 11.3. The Morgan fingerprint density at radius 3 is 2.82 bits per heavy atom. The van der Waals surface area contributed by atoms with E-state index in [2.05, 4.69) is 5.32 Å². The SMILES string of the molecule is CNCC(/C=C/c1sc(C(C)=O)cc1C)CO. The van der Waals surface area contributed by atoms with Crippen molar-refractivity contribution in [2.24, 2.45) is 5.92 Å². The first-order chi connectivity index (χ1) is 8.08. The van der Waals surface area contributed by atoms with Crippen LogP contribution in [0.4, 0.5) is 0 Å². The molecule has 0 aliphatic heterocycles. The fourth-order valence-electron chi connectivity index (χ4n) is 1.51. The molecule has 1 unspecified atom stereocenters. The van der Waals surface area contributed by atoms with Crippen molar-refractivity contribution in [1.82, 2.24) is 5.32 Å². The lowest BCUT2D eigenvalue weighted by molar-refractivity contribution is 0.102. The molecular formula is C13H19NO2S. The maximum atomic E-state index is 11.2. The minimum atomic E-state index is 0.103. The molecule has 0 saturated carbocycles. The highest BCUT2D eigenvalue weighted by Gasteiger charge is 2.07. The number of ketones is 1. The summed E-state index contributed by atoms with van der Waals surface area (Å²) in [4.78, 5) is 13.1. The third-order valence-corrected chi connectivity index (χ3v) is 3.83. The van der Waals surface area contributed by atoms with Crippen LogP contribution in [0.3, 0.4) is 0 Å². The zero-order valence-electron chi connectivity index (χ0n) is 10.5. The van der Waals surface area contributed by atoms with Gasteiger partial charge in [0, 0.05) is 17.3 Å². The van der Waals surface area contributed by atoms with Crippen LogP contribution in [-0.4, -0.2) is 31.1 Å². The minimum absolute atomic E-state index is 0.103. The first-order valence-corrected chi connectivity index (χ1v) is 6.45. The van der Waals surface area contributed by atoms with Crippen LogP contribution in [0.2, 0.25) is 0 Å². The van der Waals surface area contributed by atoms with Gasteiger partial charge in [0.2, 0.25) is 0 Å². The molecule has 0 bridgehead atoms. The number of thiophene rings is 1. The van der Waals surface area contributed by atoms with E-state index in [1.165, 1.54) is 11.3 Å². The summed E-state index contributed by atoms with van der Waals surface area (Å²) in [5.41, 5.74) is 1.11. The molecule has 1 rings (SSSR count). The first kappa shape index (κ1) is 14.1. The van der Waals surface area contributed by atoms with Crippen molar-refractivity contribution in [1.29, 1.82) is 0 Å². The smallest absolute Gasteiger partial charge is 0.169 e. The van der Waals surface area contributed by atoms with Crippen molar-refractivity contribution in [2.75, 3.05) is 20.2 Å². The van der Waals surface area contributed by atoms with Crippen LogP contribution in [0.5, 0.6) is 0 Å². The number of hydrogen-bond acceptors (Lipinski definition) is 4. The van der Waals surface area contributed by atoms with E-state index in [9.17, 15) is 4.79 Å². The molecule has 17 heavy (non-hydrogen) atoms. The van der Waals surface area contributed by atoms with Crippen LogP contribution in [0, 0.1) is 12.8 Å². The molecule has 4 heteroatoms. The van der Waals surface area contributed by atoms with E-state index in [0.29, 0.717) is 0 Å². The molecule has 94 valence electrons. The molecule has 0 aliphatic rings. The maximum Gasteiger partial charge on any atom is 0.169 e. The standard InChI is InChI=1S/C13H19NO2S/c1-9-6-13(10(2)16)17-12(9)5-4-11(8-15)7-14-3/h4-6,11,14-15H,7-8H2,1-3H3/b5-4+. The fourth-order valence-corrected chi connectivity index (χ4v) is 2.50. The summed E-state index contributed by atoms with van der Waals surface area (Å²) in [6.07, 6.45) is 3.98. The molecule has 2 N–H and O–H groups in total. The summed E-state index contributed by atoms with van der Waals surface area (Å²) >= 11 is 1.50. The van der Waals surface area contributed by atoms with Crippen LogP contribution < -0.4 is 5.32 Å². The van der Waals surface area contributed by atoms with Gasteiger partial charge in [0.15, 0.2) is 5.78 Å². The molecule has 0 radical (unpaired) electrons. The van der Waals surface area contributed by atoms with Gasteiger partial charge in [-0.3, -0.25) is 4.79 Å². The van der Waals surface area contributed by atoms with Crippen LogP contribution in [0.15, 0.2) is 12.1 Å². The van der Waals surface area contributed by atoms with Crippen LogP contribution in [-0.2, 0) is 0 Å². The number of rotatable bonds is 6. The van der Waals surface area contributed by atoms with E-state index < -0.39 is 0 Å². The van der Waals surface area contributed by atoms with E-state index in [0.717, 1.165) is 21.9 Å². The summed E-state index contributed by atoms with van der Waals surface area (Å²) in [5.74, 6) is 0.217. The number of aliphatic hydroxyl groups excluding tert-OH is 1. The monoisotopic (exact) mass is 253 g/mol. The minimum Gasteiger partial charge on any atom is -0.396 e. The van der Waals surface area contributed by atoms with Crippen LogP contribution >= 0.6 is 11.3 Å². The van der Waals surface area contributed by atoms with Gasteiger partial charge in [-0.15, -0.1) is 11.3 Å². The van der Waals surface area contributed by atoms with E-state index in [4.69, 9.17) is 5.11 Å². The second-order valence-corrected chi connectivity index (χ2v) is 5.16. The third kappa shape index (κ3) is 4.07. The summed E-state index contributed by atoms with van der Waals surface area (Å²) in [6, 6.07) is 1.92. The number of Topliss-reactive ketones (excluding diaryl/α,β-unsaturated/α-hetero) is 1. The highest BCUT2D eigenvalue weighted by atomic mass is 32.1. The van der Waals surface area contributed by atoms with Crippen molar-refractivity contribution in [3.63, 3.8) is 0 Å². The van der Waals surface area contributed by atoms with Gasteiger partial charge in [-0.2, -0.15) is 0 Å². The molecule has 1 atom stereocenters. The molecule has 3 nitrogen and oxygen atoms in total. The average Bonchev–Trinajstić information content (AvgIpc) is 2.66. The van der Waals surface area contributed by atoms with Crippen LogP contribution in [0.1, 0.15) is 27.0 Å². The van der Waals surface area contributed by atoms with Gasteiger partial charge in [0.1, 0.15) is 0 Å². The number of aryl methyl sites for hydroxylation is 1. The molecule has 1 aromatic rings. The Morgan fingerprint density at radius 2 is 2.35 bits per heavy atom. The Labute approximate surface area is 106 Å². The number of carbonyl (C=O) groups excluding carboxylic acids is 1. The second kappa shape index (κ2) is 6.69. The van der Waals surface area contributed by atoms with Crippen molar-refractivity contribution in [3.8, 4) is 0 Å². The molecule has 0 saturated heterocycles. The topological polar surface area (TPSA) is 49.3 Å². The molecule has 0 amide bonds. The lowest BCUT2D eigenvalue weighted by Gasteiger charge is -2.07. The van der Waals surface area contributed by atoms with E-state index >= 15 is 0 Å². The Morgan fingerprint density at radius 1 is 1.65 bits per heavy atom. The van der Waals surface area contributed by atoms with Gasteiger partial charge in [-0.25, -0.2) is 0 Å². The third-order valence-electron chi connectivity index (χ3n) is 2.52. The number of carbonyl (C=O) groups is 1. The molecule has 0 fully saturated rings. The molecule has 0 aliphatic carbocycles. The second-order valence-electron chi connectivity index (χ2n) is 4.07. The van der Waals surface area contributed by atoms with E-state index in [-0.39, 0.29) is 18.3 Å². The average molecular weight is 253 g/mol. The quantitative estimate of drug-likeness (QED) is 0.763. The summed E-state index contributed by atoms with van der Waals surface area (Å²) in [5, 5.41) is 12.2. The first-order valence-electron chi connectivity index (χ1n) is 5.63. The van der Waals surface area contributed by atoms with Crippen molar-refractivity contribution in [3.05, 3.63) is 27.5 Å². The van der Waals surface area contributed by atoms with E-state index in [1.807, 2.05) is 32.2 Å². The van der Waals surface area contributed by atoms with Gasteiger partial charge in [-0.1, -0.05) is 6.08 Å². The Bertz CT molecular complexity index is 410. The highest BCUT2D eigenvalue weighted by Crippen LogP contribution is 2.24. The summed E-state index contributed by atoms with van der Waals surface area (Å²) < 4.78 is 0. The largest absolute Gasteiger partial charge is 0.396 e. The van der Waals surface area contributed by atoms with Crippen molar-refractivity contribution >= 4 is 23.2 Å². The lowest BCUT2D eigenvalue weighted by Crippen LogP contribution is -2.19. The molecular weight excluding hydrogens is 234 g/mol. The Balaban J connectivity index is 2.79.